The minimum absolute atomic E-state index is 0. The molecule has 1 aliphatic rings. The molecule has 2 heterocycles. The molecule has 0 saturated carbocycles. The fourth-order valence-corrected chi connectivity index (χ4v) is 1.25. The first-order valence-corrected chi connectivity index (χ1v) is 3.77. The van der Waals surface area contributed by atoms with Gasteiger partial charge in [-0.05, 0) is 8.42 Å². The second kappa shape index (κ2) is 5.44. The van der Waals surface area contributed by atoms with Crippen molar-refractivity contribution in [3.05, 3.63) is 42.1 Å². The monoisotopic (exact) mass is 433 g/mol. The minimum atomic E-state index is 0. The summed E-state index contributed by atoms with van der Waals surface area (Å²) in [7, 11) is 1.86. The first kappa shape index (κ1) is 12.4. The Kier molecular flexibility index (Phi) is 4.83. The Bertz CT molecular complexity index is 384. The van der Waals surface area contributed by atoms with Crippen LogP contribution < -0.4 is 4.90 Å². The summed E-state index contributed by atoms with van der Waals surface area (Å²) in [5.41, 5.74) is 2.61. The van der Waals surface area contributed by atoms with E-state index in [0.29, 0.717) is 12.1 Å². The van der Waals surface area contributed by atoms with Crippen molar-refractivity contribution >= 4 is 5.82 Å². The Morgan fingerprint density at radius 2 is 2.36 bits per heavy atom. The number of nitrogens with zero attached hydrogens (tertiary/aromatic N) is 2. The van der Waals surface area contributed by atoms with Crippen molar-refractivity contribution in [1.29, 1.82) is 0 Å². The van der Waals surface area contributed by atoms with Crippen LogP contribution in [0.25, 0.3) is 0 Å². The fourth-order valence-electron chi connectivity index (χ4n) is 1.25. The van der Waals surface area contributed by atoms with Crippen LogP contribution in [0.4, 0.5) is 5.82 Å². The molecule has 2 nitrogen and oxygen atoms in total. The molecule has 0 aliphatic carbocycles. The van der Waals surface area contributed by atoms with Crippen molar-refractivity contribution in [3.8, 4) is 0 Å². The average Bonchev–Trinajstić information content (AvgIpc) is 2.33. The zero-order valence-corrected chi connectivity index (χ0v) is 13.9. The molecule has 0 fully saturated rings. The Morgan fingerprint density at radius 1 is 1.71 bits per heavy atom. The fraction of sp³-hybridized carbons (Fsp3) is 0.200. The Morgan fingerprint density at radius 3 is 2.93 bits per heavy atom. The summed E-state index contributed by atoms with van der Waals surface area (Å²) >= 11 is 0. The third-order valence-corrected chi connectivity index (χ3v) is 2.06. The normalized spacial score (nSPS) is 14.1. The van der Waals surface area contributed by atoms with E-state index in [9.17, 15) is 0 Å². The maximum absolute atomic E-state index is 7.81. The first-order valence-electron chi connectivity index (χ1n) is 4.27. The molecule has 0 atom stereocenters. The van der Waals surface area contributed by atoms with Crippen molar-refractivity contribution in [2.45, 2.75) is 6.92 Å². The number of aryl methyl sites for hydroxylation is 1. The second-order valence-electron chi connectivity index (χ2n) is 2.90. The van der Waals surface area contributed by atoms with Gasteiger partial charge in [0.1, 0.15) is 0 Å². The number of anilines is 1. The maximum Gasteiger partial charge on any atom is 0.0154 e. The summed E-state index contributed by atoms with van der Waals surface area (Å²) in [5.74, 6) is 0.787. The van der Waals surface area contributed by atoms with Crippen LogP contribution in [-0.4, -0.2) is 12.0 Å². The van der Waals surface area contributed by atoms with E-state index in [1.54, 1.807) is 6.07 Å². The van der Waals surface area contributed by atoms with Gasteiger partial charge >= 0.3 is 0 Å². The molecule has 0 N–H and O–H groups in total. The molecule has 0 bridgehead atoms. The summed E-state index contributed by atoms with van der Waals surface area (Å²) in [6, 6.07) is 1.79. The van der Waals surface area contributed by atoms with Crippen molar-refractivity contribution in [2.75, 3.05) is 11.9 Å². The Hall–Kier alpha value is 0.352. The van der Waals surface area contributed by atoms with E-state index in [1.165, 1.54) is 0 Å². The average molecular weight is 433 g/mol. The van der Waals surface area contributed by atoms with Crippen LogP contribution in [0, 0.1) is 19.5 Å². The van der Waals surface area contributed by atoms with Gasteiger partial charge in [0.2, 0.25) is 0 Å². The molecule has 0 amide bonds. The molecule has 0 unspecified atom stereocenters. The number of likely N-dealkylation sites (N-methyl/N-ethyl adjacent to an activating group) is 1. The predicted molar refractivity (Wildman–Crippen MR) is 48.8 cm³/mol. The standard InChI is InChI=1S/C10H10N2.W.Y/c1-7-4-5-11-10-9(7)6-8(2)12(10)3;;/h4,6H,2H2,1,3H3;;/q-2;;/i6T;;. The number of hydrogen-bond acceptors (Lipinski definition) is 2. The molecule has 71 valence electrons. The van der Waals surface area contributed by atoms with Crippen LogP contribution >= 0.6 is 0 Å². The van der Waals surface area contributed by atoms with E-state index in [0.717, 1.165) is 16.9 Å². The van der Waals surface area contributed by atoms with Gasteiger partial charge in [0.05, 0.1) is 0 Å². The van der Waals surface area contributed by atoms with Crippen LogP contribution in [0.2, 0.25) is 0 Å². The van der Waals surface area contributed by atoms with E-state index in [-0.39, 0.29) is 53.8 Å². The van der Waals surface area contributed by atoms with E-state index >= 15 is 0 Å². The number of aromatic nitrogens is 1. The van der Waals surface area contributed by atoms with Crippen LogP contribution in [0.15, 0.2) is 18.3 Å². The minimum Gasteiger partial charge on any atom is -0.399 e. The summed E-state index contributed by atoms with van der Waals surface area (Å²) < 4.78 is 7.81. The van der Waals surface area contributed by atoms with Crippen LogP contribution in [0.5, 0.6) is 0 Å². The molecule has 4 heteroatoms. The molecule has 1 aliphatic heterocycles. The number of rotatable bonds is 0. The van der Waals surface area contributed by atoms with Crippen LogP contribution in [-0.2, 0) is 53.8 Å². The maximum atomic E-state index is 7.81. The first-order chi connectivity index (χ1) is 6.13. The zero-order chi connectivity index (χ0) is 9.59. The van der Waals surface area contributed by atoms with E-state index in [2.05, 4.69) is 17.8 Å². The molecular weight excluding hydrogens is 421 g/mol. The van der Waals surface area contributed by atoms with Crippen molar-refractivity contribution in [3.63, 3.8) is 0 Å². The van der Waals surface area contributed by atoms with Crippen molar-refractivity contribution in [1.82, 2.24) is 4.98 Å². The van der Waals surface area contributed by atoms with Gasteiger partial charge in [-0.2, -0.15) is 11.6 Å². The number of pyridine rings is 1. The molecule has 0 saturated heterocycles. The largest absolute Gasteiger partial charge is 0.399 e. The van der Waals surface area contributed by atoms with Gasteiger partial charge in [-0.1, -0.05) is 18.8 Å². The number of fused-ring (bicyclic) bond motifs is 1. The van der Waals surface area contributed by atoms with Crippen molar-refractivity contribution in [2.24, 2.45) is 0 Å². The SMILES string of the molecule is [3H][C-]1C(=C)N(C)c2n[c-]cc(C)c21.[W].[Y]. The molecule has 0 spiro atoms. The van der Waals surface area contributed by atoms with Gasteiger partial charge in [-0.3, -0.25) is 0 Å². The van der Waals surface area contributed by atoms with Crippen LogP contribution in [0.3, 0.4) is 0 Å². The van der Waals surface area contributed by atoms with E-state index in [1.807, 2.05) is 18.9 Å². The molecule has 14 heavy (non-hydrogen) atoms. The quantitative estimate of drug-likeness (QED) is 0.580. The van der Waals surface area contributed by atoms with Gasteiger partial charge in [-0.25, -0.2) is 0 Å². The summed E-state index contributed by atoms with van der Waals surface area (Å²) in [5, 5.41) is 0. The molecule has 1 aromatic heterocycles. The van der Waals surface area contributed by atoms with E-state index < -0.39 is 0 Å². The third kappa shape index (κ3) is 2.29. The summed E-state index contributed by atoms with van der Waals surface area (Å²) in [6.07, 6.45) is 3.27. The Labute approximate surface area is 126 Å². The van der Waals surface area contributed by atoms with Gasteiger partial charge in [0.15, 0.2) is 0 Å². The molecule has 1 radical (unpaired) electrons. The number of allylic oxidation sites excluding steroid dienone is 1. The molecule has 2 rings (SSSR count). The number of hydrogen-bond donors (Lipinski definition) is 0. The molecule has 1 aromatic rings. The second-order valence-corrected chi connectivity index (χ2v) is 2.90. The van der Waals surface area contributed by atoms with Crippen LogP contribution in [0.1, 0.15) is 12.5 Å². The van der Waals surface area contributed by atoms with E-state index in [4.69, 9.17) is 1.37 Å². The van der Waals surface area contributed by atoms with Gasteiger partial charge in [-0.15, -0.1) is 18.5 Å². The van der Waals surface area contributed by atoms with Gasteiger partial charge in [0, 0.05) is 59.6 Å². The van der Waals surface area contributed by atoms with Crippen molar-refractivity contribution < 1.29 is 55.1 Å². The predicted octanol–water partition coefficient (Wildman–Crippen LogP) is 1.70. The topological polar surface area (TPSA) is 16.1 Å². The van der Waals surface area contributed by atoms with Gasteiger partial charge < -0.3 is 9.88 Å². The van der Waals surface area contributed by atoms with Gasteiger partial charge in [0.25, 0.3) is 0 Å². The summed E-state index contributed by atoms with van der Waals surface area (Å²) in [6.45, 7) is 5.78. The Balaban J connectivity index is 0.000000980. The third-order valence-electron chi connectivity index (χ3n) is 2.06. The summed E-state index contributed by atoms with van der Waals surface area (Å²) in [4.78, 5) is 5.92. The zero-order valence-electron chi connectivity index (χ0n) is 9.16. The molecule has 0 aromatic carbocycles. The molecular formula is C10H10N2WY-2. The smallest absolute Gasteiger partial charge is 0.0154 e.